The van der Waals surface area contributed by atoms with E-state index >= 15 is 0 Å². The number of rotatable bonds is 5. The third-order valence-electron chi connectivity index (χ3n) is 7.05. The Morgan fingerprint density at radius 1 is 1.00 bits per heavy atom. The fourth-order valence-corrected chi connectivity index (χ4v) is 5.04. The molecule has 2 aliphatic heterocycles. The van der Waals surface area contributed by atoms with E-state index in [4.69, 9.17) is 4.74 Å². The van der Waals surface area contributed by atoms with Crippen LogP contribution in [0.25, 0.3) is 10.9 Å². The Morgan fingerprint density at radius 2 is 1.83 bits per heavy atom. The molecule has 5 rings (SSSR count). The number of pyridine rings is 1. The molecule has 1 aromatic heterocycles. The Hall–Kier alpha value is -3.65. The van der Waals surface area contributed by atoms with Crippen molar-refractivity contribution in [2.45, 2.75) is 13.0 Å². The van der Waals surface area contributed by atoms with E-state index in [9.17, 15) is 9.59 Å². The highest BCUT2D eigenvalue weighted by molar-refractivity contribution is 6.07. The minimum absolute atomic E-state index is 0.0430. The molecule has 0 saturated carbocycles. The average molecular weight is 474 g/mol. The highest BCUT2D eigenvalue weighted by Gasteiger charge is 2.28. The number of hydrogen-bond acceptors (Lipinski definition) is 6. The van der Waals surface area contributed by atoms with Crippen molar-refractivity contribution < 1.29 is 14.3 Å². The molecule has 8 nitrogen and oxygen atoms in total. The number of aromatic nitrogens is 1. The summed E-state index contributed by atoms with van der Waals surface area (Å²) in [6.45, 7) is 5.01. The molecule has 1 fully saturated rings. The first-order valence-electron chi connectivity index (χ1n) is 12.1. The molecule has 3 heterocycles. The summed E-state index contributed by atoms with van der Waals surface area (Å²) in [6.07, 6.45) is 2.43. The van der Waals surface area contributed by atoms with Gasteiger partial charge in [-0.25, -0.2) is 0 Å². The second-order valence-electron chi connectivity index (χ2n) is 9.16. The lowest BCUT2D eigenvalue weighted by molar-refractivity contribution is -0.131. The number of piperazine rings is 1. The van der Waals surface area contributed by atoms with E-state index in [1.54, 1.807) is 25.4 Å². The largest absolute Gasteiger partial charge is 0.496 e. The Bertz CT molecular complexity index is 1250. The maximum absolute atomic E-state index is 13.1. The molecule has 0 unspecified atom stereocenters. The summed E-state index contributed by atoms with van der Waals surface area (Å²) in [7, 11) is 3.84. The molecule has 8 heteroatoms. The predicted molar refractivity (Wildman–Crippen MR) is 136 cm³/mol. The van der Waals surface area contributed by atoms with Gasteiger partial charge in [-0.3, -0.25) is 14.6 Å². The number of carbonyl (C=O) groups excluding carboxylic acids is 2. The molecule has 0 radical (unpaired) electrons. The lowest BCUT2D eigenvalue weighted by atomic mass is 9.95. The third kappa shape index (κ3) is 4.66. The van der Waals surface area contributed by atoms with E-state index in [2.05, 4.69) is 33.2 Å². The number of nitrogens with one attached hydrogen (secondary N) is 1. The smallest absolute Gasteiger partial charge is 0.252 e. The molecule has 35 heavy (non-hydrogen) atoms. The van der Waals surface area contributed by atoms with Crippen LogP contribution in [0, 0.1) is 0 Å². The molecule has 2 aliphatic rings. The SMILES string of the molecule is COc1ccc(N2CCN(C)CC2)c2c1CCN(C(=O)CNC(=O)c1cccc3ncccc13)C2. The molecule has 0 aliphatic carbocycles. The van der Waals surface area contributed by atoms with Crippen LogP contribution in [0.5, 0.6) is 5.75 Å². The minimum Gasteiger partial charge on any atom is -0.496 e. The van der Waals surface area contributed by atoms with Gasteiger partial charge >= 0.3 is 0 Å². The third-order valence-corrected chi connectivity index (χ3v) is 7.05. The van der Waals surface area contributed by atoms with Gasteiger partial charge in [0.25, 0.3) is 5.91 Å². The lowest BCUT2D eigenvalue weighted by Gasteiger charge is -2.38. The number of ether oxygens (including phenoxy) is 1. The predicted octanol–water partition coefficient (Wildman–Crippen LogP) is 2.31. The van der Waals surface area contributed by atoms with Gasteiger partial charge in [0, 0.05) is 73.2 Å². The number of carbonyl (C=O) groups is 2. The molecule has 2 amide bonds. The first-order chi connectivity index (χ1) is 17.0. The topological polar surface area (TPSA) is 78.0 Å². The van der Waals surface area contributed by atoms with Crippen molar-refractivity contribution in [3.05, 3.63) is 65.4 Å². The van der Waals surface area contributed by atoms with E-state index in [0.717, 1.165) is 54.8 Å². The zero-order valence-corrected chi connectivity index (χ0v) is 20.3. The molecule has 182 valence electrons. The van der Waals surface area contributed by atoms with Gasteiger partial charge in [-0.1, -0.05) is 12.1 Å². The number of hydrogen-bond donors (Lipinski definition) is 1. The lowest BCUT2D eigenvalue weighted by Crippen LogP contribution is -2.46. The van der Waals surface area contributed by atoms with Crippen LogP contribution < -0.4 is 15.0 Å². The quantitative estimate of drug-likeness (QED) is 0.613. The summed E-state index contributed by atoms with van der Waals surface area (Å²) < 4.78 is 5.64. The number of methoxy groups -OCH3 is 1. The summed E-state index contributed by atoms with van der Waals surface area (Å²) in [6, 6.07) is 13.3. The molecule has 0 atom stereocenters. The number of benzene rings is 2. The van der Waals surface area contributed by atoms with E-state index in [1.165, 1.54) is 11.3 Å². The van der Waals surface area contributed by atoms with Gasteiger partial charge in [0.1, 0.15) is 5.75 Å². The van der Waals surface area contributed by atoms with Gasteiger partial charge in [0.15, 0.2) is 0 Å². The van der Waals surface area contributed by atoms with Crippen molar-refractivity contribution >= 4 is 28.4 Å². The zero-order valence-electron chi connectivity index (χ0n) is 20.3. The van der Waals surface area contributed by atoms with Crippen LogP contribution in [0.3, 0.4) is 0 Å². The molecule has 0 spiro atoms. The van der Waals surface area contributed by atoms with Crippen LogP contribution in [-0.2, 0) is 17.8 Å². The van der Waals surface area contributed by atoms with Gasteiger partial charge in [-0.05, 0) is 43.8 Å². The van der Waals surface area contributed by atoms with E-state index in [0.29, 0.717) is 18.7 Å². The van der Waals surface area contributed by atoms with Crippen LogP contribution in [0.1, 0.15) is 21.5 Å². The van der Waals surface area contributed by atoms with Crippen molar-refractivity contribution in [2.24, 2.45) is 0 Å². The normalized spacial score (nSPS) is 16.2. The number of anilines is 1. The van der Waals surface area contributed by atoms with Gasteiger partial charge in [-0.2, -0.15) is 0 Å². The van der Waals surface area contributed by atoms with Gasteiger partial charge < -0.3 is 24.8 Å². The fourth-order valence-electron chi connectivity index (χ4n) is 5.04. The molecule has 1 N–H and O–H groups in total. The van der Waals surface area contributed by atoms with Gasteiger partial charge in [0.05, 0.1) is 19.2 Å². The van der Waals surface area contributed by atoms with Gasteiger partial charge in [0.2, 0.25) is 5.91 Å². The van der Waals surface area contributed by atoms with Crippen LogP contribution in [-0.4, -0.2) is 80.0 Å². The second kappa shape index (κ2) is 9.92. The zero-order chi connectivity index (χ0) is 24.4. The fraction of sp³-hybridized carbons (Fsp3) is 0.370. The Kier molecular flexibility index (Phi) is 6.55. The van der Waals surface area contributed by atoms with Crippen LogP contribution in [0.4, 0.5) is 5.69 Å². The van der Waals surface area contributed by atoms with E-state index in [-0.39, 0.29) is 18.4 Å². The average Bonchev–Trinajstić information content (AvgIpc) is 2.90. The first-order valence-corrected chi connectivity index (χ1v) is 12.1. The molecular formula is C27H31N5O3. The monoisotopic (exact) mass is 473 g/mol. The van der Waals surface area contributed by atoms with E-state index in [1.807, 2.05) is 29.2 Å². The summed E-state index contributed by atoms with van der Waals surface area (Å²) in [5, 5.41) is 3.59. The minimum atomic E-state index is -0.269. The highest BCUT2D eigenvalue weighted by Crippen LogP contribution is 2.35. The Balaban J connectivity index is 1.30. The molecule has 2 aromatic carbocycles. The number of amides is 2. The van der Waals surface area contributed by atoms with Crippen molar-refractivity contribution in [3.63, 3.8) is 0 Å². The number of nitrogens with zero attached hydrogens (tertiary/aromatic N) is 4. The summed E-state index contributed by atoms with van der Waals surface area (Å²) >= 11 is 0. The Labute approximate surface area is 205 Å². The van der Waals surface area contributed by atoms with Crippen LogP contribution >= 0.6 is 0 Å². The maximum atomic E-state index is 13.1. The maximum Gasteiger partial charge on any atom is 0.252 e. The summed E-state index contributed by atoms with van der Waals surface area (Å²) in [4.78, 5) is 36.9. The molecule has 0 bridgehead atoms. The number of fused-ring (bicyclic) bond motifs is 2. The molecular weight excluding hydrogens is 442 g/mol. The van der Waals surface area contributed by atoms with Crippen LogP contribution in [0.15, 0.2) is 48.7 Å². The van der Waals surface area contributed by atoms with Crippen molar-refractivity contribution in [1.29, 1.82) is 0 Å². The highest BCUT2D eigenvalue weighted by atomic mass is 16.5. The summed E-state index contributed by atoms with van der Waals surface area (Å²) in [5.74, 6) is 0.520. The first kappa shape index (κ1) is 23.1. The van der Waals surface area contributed by atoms with Crippen molar-refractivity contribution in [2.75, 3.05) is 58.3 Å². The standard InChI is InChI=1S/C27H31N5O3/c1-30-13-15-31(16-14-30)24-8-9-25(35-2)20-10-12-32(18-22(20)24)26(33)17-29-27(34)21-5-3-7-23-19(21)6-4-11-28-23/h3-9,11H,10,12-18H2,1-2H3,(H,29,34). The van der Waals surface area contributed by atoms with E-state index < -0.39 is 0 Å². The molecule has 1 saturated heterocycles. The Morgan fingerprint density at radius 3 is 2.63 bits per heavy atom. The summed E-state index contributed by atoms with van der Waals surface area (Å²) in [5.41, 5.74) is 4.79. The molecule has 3 aromatic rings. The van der Waals surface area contributed by atoms with Crippen molar-refractivity contribution in [3.8, 4) is 5.75 Å². The van der Waals surface area contributed by atoms with Crippen molar-refractivity contribution in [1.82, 2.24) is 20.1 Å². The van der Waals surface area contributed by atoms with Gasteiger partial charge in [-0.15, -0.1) is 0 Å². The number of likely N-dealkylation sites (N-methyl/N-ethyl adjacent to an activating group) is 1. The van der Waals surface area contributed by atoms with Crippen LogP contribution in [0.2, 0.25) is 0 Å². The second-order valence-corrected chi connectivity index (χ2v) is 9.16.